The molecular formula is C21H15ClF2N4O. The smallest absolute Gasteiger partial charge is 0.266 e. The fourth-order valence-corrected chi connectivity index (χ4v) is 2.93. The lowest BCUT2D eigenvalue weighted by atomic mass is 10.1. The molecule has 8 heteroatoms. The molecule has 0 aliphatic rings. The van der Waals surface area contributed by atoms with Gasteiger partial charge in [-0.2, -0.15) is 10.4 Å². The third kappa shape index (κ3) is 4.68. The van der Waals surface area contributed by atoms with Crippen molar-refractivity contribution in [2.75, 3.05) is 5.32 Å². The fraction of sp³-hybridized carbons (Fsp3) is 0.0952. The number of benzene rings is 2. The minimum atomic E-state index is -0.764. The number of hydrogen-bond donors (Lipinski definition) is 1. The molecule has 0 saturated carbocycles. The van der Waals surface area contributed by atoms with Crippen LogP contribution in [0.5, 0.6) is 0 Å². The van der Waals surface area contributed by atoms with Gasteiger partial charge in [0.05, 0.1) is 17.9 Å². The standard InChI is InChI=1S/C21H15ClF2N4O/c1-13-17(20(22)28(27-13)12-14-6-8-16(23)9-7-14)10-15(11-25)21(29)26-19-5-3-2-4-18(19)24/h2-10H,12H2,1H3,(H,26,29)/b15-10+. The van der Waals surface area contributed by atoms with Crippen molar-refractivity contribution in [3.8, 4) is 6.07 Å². The van der Waals surface area contributed by atoms with Gasteiger partial charge in [0, 0.05) is 5.56 Å². The summed E-state index contributed by atoms with van der Waals surface area (Å²) in [5, 5.41) is 16.3. The Hall–Kier alpha value is -3.50. The van der Waals surface area contributed by atoms with Crippen molar-refractivity contribution >= 4 is 29.3 Å². The highest BCUT2D eigenvalue weighted by atomic mass is 35.5. The molecule has 146 valence electrons. The number of anilines is 1. The molecule has 5 nitrogen and oxygen atoms in total. The lowest BCUT2D eigenvalue weighted by molar-refractivity contribution is -0.112. The second-order valence-electron chi connectivity index (χ2n) is 6.18. The average Bonchev–Trinajstić information content (AvgIpc) is 2.96. The molecule has 0 radical (unpaired) electrons. The molecule has 3 rings (SSSR count). The molecule has 0 fully saturated rings. The number of amides is 1. The maximum atomic E-state index is 13.7. The lowest BCUT2D eigenvalue weighted by Gasteiger charge is -2.05. The Bertz CT molecular complexity index is 1130. The van der Waals surface area contributed by atoms with Gasteiger partial charge in [0.25, 0.3) is 5.91 Å². The van der Waals surface area contributed by atoms with Gasteiger partial charge in [0.15, 0.2) is 0 Å². The van der Waals surface area contributed by atoms with E-state index in [4.69, 9.17) is 11.6 Å². The number of para-hydroxylation sites is 1. The third-order valence-corrected chi connectivity index (χ3v) is 4.53. The third-order valence-electron chi connectivity index (χ3n) is 4.13. The first-order chi connectivity index (χ1) is 13.9. The number of nitrogens with one attached hydrogen (secondary N) is 1. The Morgan fingerprint density at radius 2 is 1.93 bits per heavy atom. The second-order valence-corrected chi connectivity index (χ2v) is 6.54. The van der Waals surface area contributed by atoms with Crippen molar-refractivity contribution < 1.29 is 13.6 Å². The molecule has 1 N–H and O–H groups in total. The largest absolute Gasteiger partial charge is 0.319 e. The Morgan fingerprint density at radius 1 is 1.24 bits per heavy atom. The molecule has 1 amide bonds. The molecule has 0 atom stereocenters. The maximum absolute atomic E-state index is 13.7. The Labute approximate surface area is 170 Å². The first-order valence-corrected chi connectivity index (χ1v) is 8.92. The van der Waals surface area contributed by atoms with Crippen LogP contribution >= 0.6 is 11.6 Å². The van der Waals surface area contributed by atoms with E-state index in [1.54, 1.807) is 31.2 Å². The number of rotatable bonds is 5. The summed E-state index contributed by atoms with van der Waals surface area (Å²) in [5.74, 6) is -1.72. The fourth-order valence-electron chi connectivity index (χ4n) is 2.64. The average molecular weight is 413 g/mol. The van der Waals surface area contributed by atoms with Crippen LogP contribution in [0.2, 0.25) is 5.15 Å². The monoisotopic (exact) mass is 412 g/mol. The van der Waals surface area contributed by atoms with E-state index < -0.39 is 11.7 Å². The predicted molar refractivity (Wildman–Crippen MR) is 106 cm³/mol. The van der Waals surface area contributed by atoms with E-state index in [0.717, 1.165) is 5.56 Å². The summed E-state index contributed by atoms with van der Waals surface area (Å²) in [6, 6.07) is 13.3. The molecule has 0 aliphatic carbocycles. The predicted octanol–water partition coefficient (Wildman–Crippen LogP) is 4.72. The molecule has 1 heterocycles. The van der Waals surface area contributed by atoms with Crippen molar-refractivity contribution in [1.82, 2.24) is 9.78 Å². The van der Waals surface area contributed by atoms with Crippen molar-refractivity contribution in [2.45, 2.75) is 13.5 Å². The quantitative estimate of drug-likeness (QED) is 0.487. The molecule has 0 spiro atoms. The summed E-state index contributed by atoms with van der Waals surface area (Å²) in [6.45, 7) is 1.97. The molecule has 29 heavy (non-hydrogen) atoms. The normalized spacial score (nSPS) is 11.2. The van der Waals surface area contributed by atoms with Gasteiger partial charge in [-0.25, -0.2) is 13.5 Å². The summed E-state index contributed by atoms with van der Waals surface area (Å²) >= 11 is 6.38. The Morgan fingerprint density at radius 3 is 2.59 bits per heavy atom. The highest BCUT2D eigenvalue weighted by Crippen LogP contribution is 2.24. The van der Waals surface area contributed by atoms with Crippen molar-refractivity contribution in [2.24, 2.45) is 0 Å². The molecule has 1 aromatic heterocycles. The minimum absolute atomic E-state index is 0.0338. The van der Waals surface area contributed by atoms with E-state index in [0.29, 0.717) is 11.3 Å². The van der Waals surface area contributed by atoms with Crippen LogP contribution in [0.15, 0.2) is 54.1 Å². The van der Waals surface area contributed by atoms with Crippen molar-refractivity contribution in [3.05, 3.63) is 87.7 Å². The van der Waals surface area contributed by atoms with Crippen molar-refractivity contribution in [3.63, 3.8) is 0 Å². The first-order valence-electron chi connectivity index (χ1n) is 8.54. The van der Waals surface area contributed by atoms with Gasteiger partial charge in [-0.1, -0.05) is 35.9 Å². The van der Waals surface area contributed by atoms with E-state index in [1.807, 2.05) is 0 Å². The van der Waals surface area contributed by atoms with Crippen LogP contribution < -0.4 is 5.32 Å². The van der Waals surface area contributed by atoms with E-state index >= 15 is 0 Å². The highest BCUT2D eigenvalue weighted by Gasteiger charge is 2.17. The summed E-state index contributed by atoms with van der Waals surface area (Å²) in [7, 11) is 0. The SMILES string of the molecule is Cc1nn(Cc2ccc(F)cc2)c(Cl)c1/C=C(\C#N)C(=O)Nc1ccccc1F. The highest BCUT2D eigenvalue weighted by molar-refractivity contribution is 6.31. The van der Waals surface area contributed by atoms with Crippen LogP contribution in [0.4, 0.5) is 14.5 Å². The number of aromatic nitrogens is 2. The number of carbonyl (C=O) groups is 1. The number of halogens is 3. The van der Waals surface area contributed by atoms with E-state index in [2.05, 4.69) is 10.4 Å². The molecule has 3 aromatic rings. The lowest BCUT2D eigenvalue weighted by Crippen LogP contribution is -2.14. The van der Waals surface area contributed by atoms with Crippen LogP contribution in [-0.4, -0.2) is 15.7 Å². The van der Waals surface area contributed by atoms with Gasteiger partial charge in [-0.15, -0.1) is 0 Å². The molecule has 0 aliphatic heterocycles. The molecule has 0 bridgehead atoms. The number of carbonyl (C=O) groups excluding carboxylic acids is 1. The maximum Gasteiger partial charge on any atom is 0.266 e. The van der Waals surface area contributed by atoms with Gasteiger partial charge in [-0.3, -0.25) is 4.79 Å². The first kappa shape index (κ1) is 20.2. The van der Waals surface area contributed by atoms with Crippen LogP contribution in [-0.2, 0) is 11.3 Å². The van der Waals surface area contributed by atoms with Crippen molar-refractivity contribution in [1.29, 1.82) is 5.26 Å². The van der Waals surface area contributed by atoms with Crippen LogP contribution in [0.25, 0.3) is 6.08 Å². The van der Waals surface area contributed by atoms with Crippen LogP contribution in [0.3, 0.4) is 0 Å². The number of hydrogen-bond acceptors (Lipinski definition) is 3. The Balaban J connectivity index is 1.86. The van der Waals surface area contributed by atoms with Gasteiger partial charge >= 0.3 is 0 Å². The summed E-state index contributed by atoms with van der Waals surface area (Å²) in [6.07, 6.45) is 1.31. The molecular weight excluding hydrogens is 398 g/mol. The van der Waals surface area contributed by atoms with Crippen LogP contribution in [0, 0.1) is 29.9 Å². The summed E-state index contributed by atoms with van der Waals surface area (Å²) < 4.78 is 28.3. The zero-order chi connectivity index (χ0) is 21.0. The number of aryl methyl sites for hydroxylation is 1. The Kier molecular flexibility index (Phi) is 6.05. The topological polar surface area (TPSA) is 70.7 Å². The zero-order valence-electron chi connectivity index (χ0n) is 15.3. The van der Waals surface area contributed by atoms with Gasteiger partial charge < -0.3 is 5.32 Å². The molecule has 0 unspecified atom stereocenters. The summed E-state index contributed by atoms with van der Waals surface area (Å²) in [5.41, 5.74) is 1.40. The minimum Gasteiger partial charge on any atom is -0.319 e. The van der Waals surface area contributed by atoms with Gasteiger partial charge in [0.1, 0.15) is 28.4 Å². The number of nitrogens with zero attached hydrogens (tertiary/aromatic N) is 3. The molecule has 2 aromatic carbocycles. The van der Waals surface area contributed by atoms with Gasteiger partial charge in [-0.05, 0) is 42.8 Å². The van der Waals surface area contributed by atoms with E-state index in [-0.39, 0.29) is 28.8 Å². The molecule has 0 saturated heterocycles. The van der Waals surface area contributed by atoms with Crippen LogP contribution in [0.1, 0.15) is 16.8 Å². The second kappa shape index (κ2) is 8.67. The van der Waals surface area contributed by atoms with Gasteiger partial charge in [0.2, 0.25) is 0 Å². The zero-order valence-corrected chi connectivity index (χ0v) is 16.0. The summed E-state index contributed by atoms with van der Waals surface area (Å²) in [4.78, 5) is 12.4. The van der Waals surface area contributed by atoms with E-state index in [9.17, 15) is 18.8 Å². The number of nitriles is 1. The van der Waals surface area contributed by atoms with E-state index in [1.165, 1.54) is 41.1 Å².